The van der Waals surface area contributed by atoms with E-state index in [-0.39, 0.29) is 23.8 Å². The Labute approximate surface area is 207 Å². The lowest BCUT2D eigenvalue weighted by atomic mass is 10.0. The van der Waals surface area contributed by atoms with Crippen LogP contribution in [0, 0.1) is 24.4 Å². The Morgan fingerprint density at radius 2 is 1.72 bits per heavy atom. The molecule has 2 aromatic carbocycles. The molecule has 1 fully saturated rings. The van der Waals surface area contributed by atoms with Gasteiger partial charge in [0, 0.05) is 45.2 Å². The van der Waals surface area contributed by atoms with Gasteiger partial charge in [-0.25, -0.2) is 18.2 Å². The quantitative estimate of drug-likeness (QED) is 0.544. The molecule has 1 aromatic heterocycles. The number of carbonyl (C=O) groups excluding carboxylic acids is 1. The third-order valence-corrected chi connectivity index (χ3v) is 6.59. The van der Waals surface area contributed by atoms with Crippen molar-refractivity contribution in [1.29, 1.82) is 0 Å². The number of rotatable bonds is 4. The van der Waals surface area contributed by atoms with Gasteiger partial charge in [-0.3, -0.25) is 4.79 Å². The van der Waals surface area contributed by atoms with Gasteiger partial charge in [0.15, 0.2) is 0 Å². The highest BCUT2D eigenvalue weighted by Crippen LogP contribution is 2.33. The summed E-state index contributed by atoms with van der Waals surface area (Å²) in [4.78, 5) is 28.3. The van der Waals surface area contributed by atoms with Crippen LogP contribution in [0.1, 0.15) is 27.2 Å². The van der Waals surface area contributed by atoms with E-state index < -0.39 is 17.5 Å². The molecule has 1 saturated heterocycles. The van der Waals surface area contributed by atoms with Crippen molar-refractivity contribution in [3.8, 4) is 11.6 Å². The number of ether oxygens (including phenoxy) is 1. The van der Waals surface area contributed by atoms with Crippen LogP contribution in [-0.2, 0) is 13.0 Å². The molecule has 0 atom stereocenters. The Morgan fingerprint density at radius 1 is 0.944 bits per heavy atom. The van der Waals surface area contributed by atoms with E-state index in [4.69, 9.17) is 14.7 Å². The van der Waals surface area contributed by atoms with Crippen molar-refractivity contribution in [1.82, 2.24) is 19.8 Å². The maximum absolute atomic E-state index is 14.3. The highest BCUT2D eigenvalue weighted by molar-refractivity contribution is 5.94. The zero-order valence-electron chi connectivity index (χ0n) is 20.1. The monoisotopic (exact) mass is 497 g/mol. The molecule has 10 heteroatoms. The summed E-state index contributed by atoms with van der Waals surface area (Å²) in [5, 5.41) is 0. The molecule has 188 valence electrons. The summed E-state index contributed by atoms with van der Waals surface area (Å²) in [7, 11) is 2.06. The van der Waals surface area contributed by atoms with Gasteiger partial charge in [0.2, 0.25) is 11.8 Å². The second-order valence-corrected chi connectivity index (χ2v) is 9.16. The summed E-state index contributed by atoms with van der Waals surface area (Å²) in [6.45, 7) is 5.33. The molecule has 0 unspecified atom stereocenters. The standard InChI is InChI=1S/C26H26F3N5O2/c1-16-13-18(4-6-21(16)28)36-24-20-15-34(25(35)19-5-3-17(27)14-22(19)29)8-7-23(20)30-26(31-24)33-11-9-32(2)10-12-33/h3-6,13-14H,7-12,15H2,1-2H3. The fraction of sp³-hybridized carbons (Fsp3) is 0.346. The predicted molar refractivity (Wildman–Crippen MR) is 128 cm³/mol. The summed E-state index contributed by atoms with van der Waals surface area (Å²) in [6, 6.07) is 7.33. The molecule has 0 aliphatic carbocycles. The molecule has 0 N–H and O–H groups in total. The second-order valence-electron chi connectivity index (χ2n) is 9.16. The first-order valence-electron chi connectivity index (χ1n) is 11.8. The SMILES string of the molecule is Cc1cc(Oc2nc(N3CCN(C)CC3)nc3c2CN(C(=O)c2ccc(F)cc2F)CC3)ccc1F. The minimum atomic E-state index is -0.911. The Bertz CT molecular complexity index is 1310. The van der Waals surface area contributed by atoms with E-state index in [0.29, 0.717) is 41.9 Å². The fourth-order valence-corrected chi connectivity index (χ4v) is 4.40. The first-order valence-corrected chi connectivity index (χ1v) is 11.8. The number of nitrogens with zero attached hydrogens (tertiary/aromatic N) is 5. The molecule has 3 heterocycles. The third-order valence-electron chi connectivity index (χ3n) is 6.59. The number of hydrogen-bond donors (Lipinski definition) is 0. The molecule has 1 amide bonds. The number of benzene rings is 2. The maximum Gasteiger partial charge on any atom is 0.257 e. The topological polar surface area (TPSA) is 61.8 Å². The number of carbonyl (C=O) groups is 1. The van der Waals surface area contributed by atoms with Gasteiger partial charge in [-0.1, -0.05) is 0 Å². The van der Waals surface area contributed by atoms with Crippen LogP contribution in [0.15, 0.2) is 36.4 Å². The number of aryl methyl sites for hydroxylation is 1. The second kappa shape index (κ2) is 9.77. The van der Waals surface area contributed by atoms with Gasteiger partial charge in [0.1, 0.15) is 23.2 Å². The summed E-state index contributed by atoms with van der Waals surface area (Å²) in [5.41, 5.74) is 1.58. The molecular formula is C26H26F3N5O2. The summed E-state index contributed by atoms with van der Waals surface area (Å²) in [5.74, 6) is -1.33. The van der Waals surface area contributed by atoms with E-state index in [1.807, 2.05) is 0 Å². The number of amides is 1. The number of halogens is 3. The van der Waals surface area contributed by atoms with Crippen molar-refractivity contribution >= 4 is 11.9 Å². The van der Waals surface area contributed by atoms with Gasteiger partial charge in [-0.15, -0.1) is 0 Å². The van der Waals surface area contributed by atoms with E-state index in [0.717, 1.165) is 44.0 Å². The molecule has 36 heavy (non-hydrogen) atoms. The van der Waals surface area contributed by atoms with E-state index in [2.05, 4.69) is 16.8 Å². The third kappa shape index (κ3) is 4.86. The van der Waals surface area contributed by atoms with Gasteiger partial charge >= 0.3 is 0 Å². The van der Waals surface area contributed by atoms with E-state index in [1.165, 1.54) is 17.0 Å². The Morgan fingerprint density at radius 3 is 2.44 bits per heavy atom. The first kappa shape index (κ1) is 24.1. The van der Waals surface area contributed by atoms with Crippen LogP contribution in [0.5, 0.6) is 11.6 Å². The van der Waals surface area contributed by atoms with Gasteiger partial charge in [0.05, 0.1) is 23.4 Å². The van der Waals surface area contributed by atoms with Crippen molar-refractivity contribution < 1.29 is 22.7 Å². The summed E-state index contributed by atoms with van der Waals surface area (Å²) >= 11 is 0. The highest BCUT2D eigenvalue weighted by atomic mass is 19.1. The molecular weight excluding hydrogens is 471 g/mol. The van der Waals surface area contributed by atoms with Crippen molar-refractivity contribution in [3.05, 3.63) is 76.2 Å². The summed E-state index contributed by atoms with van der Waals surface area (Å²) in [6.07, 6.45) is 0.423. The van der Waals surface area contributed by atoms with Crippen LogP contribution in [0.4, 0.5) is 19.1 Å². The average Bonchev–Trinajstić information content (AvgIpc) is 2.86. The van der Waals surface area contributed by atoms with E-state index >= 15 is 0 Å². The molecule has 0 saturated carbocycles. The number of piperazine rings is 1. The van der Waals surface area contributed by atoms with Gasteiger partial charge in [-0.05, 0) is 49.9 Å². The fourth-order valence-electron chi connectivity index (χ4n) is 4.40. The molecule has 0 spiro atoms. The highest BCUT2D eigenvalue weighted by Gasteiger charge is 2.30. The van der Waals surface area contributed by atoms with Gasteiger partial charge in [0.25, 0.3) is 5.91 Å². The van der Waals surface area contributed by atoms with Crippen LogP contribution < -0.4 is 9.64 Å². The van der Waals surface area contributed by atoms with Crippen LogP contribution in [0.25, 0.3) is 0 Å². The molecule has 3 aromatic rings. The molecule has 0 radical (unpaired) electrons. The van der Waals surface area contributed by atoms with E-state index in [9.17, 15) is 18.0 Å². The van der Waals surface area contributed by atoms with Gasteiger partial charge < -0.3 is 19.4 Å². The number of hydrogen-bond acceptors (Lipinski definition) is 6. The van der Waals surface area contributed by atoms with Gasteiger partial charge in [-0.2, -0.15) is 4.98 Å². The lowest BCUT2D eigenvalue weighted by Gasteiger charge is -2.34. The lowest BCUT2D eigenvalue weighted by Crippen LogP contribution is -2.45. The first-order chi connectivity index (χ1) is 17.3. The number of likely N-dealkylation sites (N-methyl/N-ethyl adjacent to an activating group) is 1. The van der Waals surface area contributed by atoms with Crippen LogP contribution in [-0.4, -0.2) is 65.4 Å². The molecule has 5 rings (SSSR count). The molecule has 7 nitrogen and oxygen atoms in total. The van der Waals surface area contributed by atoms with Crippen molar-refractivity contribution in [3.63, 3.8) is 0 Å². The zero-order valence-corrected chi connectivity index (χ0v) is 20.1. The largest absolute Gasteiger partial charge is 0.438 e. The average molecular weight is 498 g/mol. The van der Waals surface area contributed by atoms with Crippen LogP contribution in [0.2, 0.25) is 0 Å². The Hall–Kier alpha value is -3.66. The maximum atomic E-state index is 14.3. The smallest absolute Gasteiger partial charge is 0.257 e. The van der Waals surface area contributed by atoms with Crippen molar-refractivity contribution in [2.45, 2.75) is 19.9 Å². The molecule has 2 aliphatic heterocycles. The Kier molecular flexibility index (Phi) is 6.53. The number of fused-ring (bicyclic) bond motifs is 1. The zero-order chi connectivity index (χ0) is 25.4. The van der Waals surface area contributed by atoms with Crippen molar-refractivity contribution in [2.24, 2.45) is 0 Å². The minimum absolute atomic E-state index is 0.101. The predicted octanol–water partition coefficient (Wildman–Crippen LogP) is 3.94. The van der Waals surface area contributed by atoms with Crippen LogP contribution in [0.3, 0.4) is 0 Å². The van der Waals surface area contributed by atoms with E-state index in [1.54, 1.807) is 13.0 Å². The normalized spacial score (nSPS) is 16.1. The molecule has 2 aliphatic rings. The number of anilines is 1. The number of aromatic nitrogens is 2. The summed E-state index contributed by atoms with van der Waals surface area (Å²) < 4.78 is 47.6. The molecule has 0 bridgehead atoms. The van der Waals surface area contributed by atoms with Crippen LogP contribution >= 0.6 is 0 Å². The minimum Gasteiger partial charge on any atom is -0.438 e. The Balaban J connectivity index is 1.49. The van der Waals surface area contributed by atoms with Crippen molar-refractivity contribution in [2.75, 3.05) is 44.7 Å². The lowest BCUT2D eigenvalue weighted by molar-refractivity contribution is 0.0727.